The maximum Gasteiger partial charge on any atom is 0.228 e. The molecule has 0 bridgehead atoms. The summed E-state index contributed by atoms with van der Waals surface area (Å²) in [6, 6.07) is 12.7. The van der Waals surface area contributed by atoms with E-state index >= 15 is 0 Å². The van der Waals surface area contributed by atoms with Crippen molar-refractivity contribution in [2.24, 2.45) is 11.3 Å². The first kappa shape index (κ1) is 19.2. The second-order valence-corrected chi connectivity index (χ2v) is 9.15. The van der Waals surface area contributed by atoms with E-state index in [1.165, 1.54) is 10.4 Å². The third-order valence-corrected chi connectivity index (χ3v) is 7.27. The Hall–Kier alpha value is -2.14. The molecule has 1 atom stereocenters. The number of carbonyl (C=O) groups is 2. The standard InChI is InChI=1S/C23H28N2O2S/c1-24-22(27)23(12-4-13-25(16-23)21(26)19-5-2-6-19)15-17-8-10-18(11-9-17)20-7-3-14-28-20/h3,7-11,14,19H,2,4-6,12-13,15-16H2,1H3,(H,24,27). The number of carbonyl (C=O) groups excluding carboxylic acids is 2. The predicted molar refractivity (Wildman–Crippen MR) is 113 cm³/mol. The van der Waals surface area contributed by atoms with Crippen molar-refractivity contribution >= 4 is 23.2 Å². The van der Waals surface area contributed by atoms with Gasteiger partial charge in [0, 0.05) is 30.9 Å². The number of thiophene rings is 1. The van der Waals surface area contributed by atoms with Crippen LogP contribution in [0.4, 0.5) is 0 Å². The lowest BCUT2D eigenvalue weighted by Crippen LogP contribution is -2.55. The number of likely N-dealkylation sites (tertiary alicyclic amines) is 1. The van der Waals surface area contributed by atoms with Crippen LogP contribution >= 0.6 is 11.3 Å². The van der Waals surface area contributed by atoms with E-state index in [0.717, 1.165) is 44.2 Å². The number of nitrogens with zero attached hydrogens (tertiary/aromatic N) is 1. The van der Waals surface area contributed by atoms with Crippen LogP contribution in [0.25, 0.3) is 10.4 Å². The Balaban J connectivity index is 1.53. The van der Waals surface area contributed by atoms with Crippen LogP contribution in [-0.2, 0) is 16.0 Å². The highest BCUT2D eigenvalue weighted by molar-refractivity contribution is 7.13. The summed E-state index contributed by atoms with van der Waals surface area (Å²) < 4.78 is 0. The molecule has 4 rings (SSSR count). The molecule has 1 unspecified atom stereocenters. The fraction of sp³-hybridized carbons (Fsp3) is 0.478. The van der Waals surface area contributed by atoms with Crippen LogP contribution < -0.4 is 5.32 Å². The van der Waals surface area contributed by atoms with E-state index in [-0.39, 0.29) is 17.7 Å². The molecule has 4 nitrogen and oxygen atoms in total. The van der Waals surface area contributed by atoms with Gasteiger partial charge >= 0.3 is 0 Å². The zero-order valence-corrected chi connectivity index (χ0v) is 17.3. The van der Waals surface area contributed by atoms with Crippen LogP contribution in [0.2, 0.25) is 0 Å². The van der Waals surface area contributed by atoms with Gasteiger partial charge in [-0.2, -0.15) is 0 Å². The van der Waals surface area contributed by atoms with Crippen molar-refractivity contribution in [3.05, 3.63) is 47.3 Å². The van der Waals surface area contributed by atoms with Crippen LogP contribution in [-0.4, -0.2) is 36.9 Å². The summed E-state index contributed by atoms with van der Waals surface area (Å²) in [5, 5.41) is 4.95. The molecule has 2 heterocycles. The molecule has 1 saturated carbocycles. The van der Waals surface area contributed by atoms with Crippen molar-refractivity contribution in [1.29, 1.82) is 0 Å². The fourth-order valence-electron chi connectivity index (χ4n) is 4.53. The number of hydrogen-bond donors (Lipinski definition) is 1. The van der Waals surface area contributed by atoms with Crippen molar-refractivity contribution in [1.82, 2.24) is 10.2 Å². The molecule has 0 radical (unpaired) electrons. The maximum absolute atomic E-state index is 12.9. The summed E-state index contributed by atoms with van der Waals surface area (Å²) in [6.45, 7) is 1.32. The number of hydrogen-bond acceptors (Lipinski definition) is 3. The van der Waals surface area contributed by atoms with Crippen LogP contribution in [0.15, 0.2) is 41.8 Å². The summed E-state index contributed by atoms with van der Waals surface area (Å²) in [4.78, 5) is 28.9. The first-order valence-corrected chi connectivity index (χ1v) is 11.1. The smallest absolute Gasteiger partial charge is 0.228 e. The van der Waals surface area contributed by atoms with Crippen LogP contribution in [0.5, 0.6) is 0 Å². The van der Waals surface area contributed by atoms with Gasteiger partial charge in [0.1, 0.15) is 0 Å². The molecule has 2 aliphatic rings. The summed E-state index contributed by atoms with van der Waals surface area (Å²) in [5.74, 6) is 0.499. The average molecular weight is 397 g/mol. The molecule has 1 aliphatic carbocycles. The average Bonchev–Trinajstić information content (AvgIpc) is 3.21. The number of rotatable bonds is 5. The van der Waals surface area contributed by atoms with Gasteiger partial charge in [-0.25, -0.2) is 0 Å². The van der Waals surface area contributed by atoms with E-state index in [2.05, 4.69) is 47.1 Å². The second kappa shape index (κ2) is 8.08. The van der Waals surface area contributed by atoms with E-state index in [1.54, 1.807) is 18.4 Å². The Morgan fingerprint density at radius 1 is 1.18 bits per heavy atom. The molecule has 28 heavy (non-hydrogen) atoms. The lowest BCUT2D eigenvalue weighted by molar-refractivity contribution is -0.146. The van der Waals surface area contributed by atoms with Gasteiger partial charge in [-0.1, -0.05) is 36.8 Å². The monoisotopic (exact) mass is 396 g/mol. The Bertz CT molecular complexity index is 827. The predicted octanol–water partition coefficient (Wildman–Crippen LogP) is 4.11. The molecule has 1 aliphatic heterocycles. The summed E-state index contributed by atoms with van der Waals surface area (Å²) in [7, 11) is 1.71. The first-order chi connectivity index (χ1) is 13.6. The van der Waals surface area contributed by atoms with Crippen LogP contribution in [0.3, 0.4) is 0 Å². The number of amides is 2. The Morgan fingerprint density at radius 3 is 2.57 bits per heavy atom. The molecule has 2 fully saturated rings. The zero-order valence-electron chi connectivity index (χ0n) is 16.4. The topological polar surface area (TPSA) is 49.4 Å². The van der Waals surface area contributed by atoms with Crippen molar-refractivity contribution in [3.63, 3.8) is 0 Å². The Kier molecular flexibility index (Phi) is 5.54. The molecule has 1 saturated heterocycles. The molecular weight excluding hydrogens is 368 g/mol. The zero-order chi connectivity index (χ0) is 19.6. The molecular formula is C23H28N2O2S. The van der Waals surface area contributed by atoms with Gasteiger partial charge < -0.3 is 10.2 Å². The summed E-state index contributed by atoms with van der Waals surface area (Å²) in [6.07, 6.45) is 5.55. The summed E-state index contributed by atoms with van der Waals surface area (Å²) in [5.41, 5.74) is 1.83. The van der Waals surface area contributed by atoms with Crippen molar-refractivity contribution in [2.75, 3.05) is 20.1 Å². The lowest BCUT2D eigenvalue weighted by Gasteiger charge is -2.43. The van der Waals surface area contributed by atoms with E-state index in [0.29, 0.717) is 13.0 Å². The SMILES string of the molecule is CNC(=O)C1(Cc2ccc(-c3cccs3)cc2)CCCN(C(=O)C2CCC2)C1. The molecule has 1 aromatic heterocycles. The Morgan fingerprint density at radius 2 is 1.96 bits per heavy atom. The van der Waals surface area contributed by atoms with Gasteiger partial charge in [-0.05, 0) is 54.7 Å². The number of nitrogens with one attached hydrogen (secondary N) is 1. The lowest BCUT2D eigenvalue weighted by atomic mass is 9.73. The highest BCUT2D eigenvalue weighted by Crippen LogP contribution is 2.37. The third-order valence-electron chi connectivity index (χ3n) is 6.35. The first-order valence-electron chi connectivity index (χ1n) is 10.3. The quantitative estimate of drug-likeness (QED) is 0.827. The molecule has 2 aromatic rings. The van der Waals surface area contributed by atoms with E-state index in [9.17, 15) is 9.59 Å². The van der Waals surface area contributed by atoms with Gasteiger partial charge in [0.05, 0.1) is 5.41 Å². The highest BCUT2D eigenvalue weighted by atomic mass is 32.1. The molecule has 5 heteroatoms. The van der Waals surface area contributed by atoms with E-state index in [1.807, 2.05) is 4.90 Å². The summed E-state index contributed by atoms with van der Waals surface area (Å²) >= 11 is 1.73. The largest absolute Gasteiger partial charge is 0.359 e. The van der Waals surface area contributed by atoms with E-state index < -0.39 is 5.41 Å². The van der Waals surface area contributed by atoms with Gasteiger partial charge in [-0.15, -0.1) is 11.3 Å². The third kappa shape index (κ3) is 3.72. The van der Waals surface area contributed by atoms with Crippen molar-refractivity contribution in [2.45, 2.75) is 38.5 Å². The number of benzene rings is 1. The van der Waals surface area contributed by atoms with Crippen molar-refractivity contribution < 1.29 is 9.59 Å². The van der Waals surface area contributed by atoms with Crippen molar-refractivity contribution in [3.8, 4) is 10.4 Å². The van der Waals surface area contributed by atoms with E-state index in [4.69, 9.17) is 0 Å². The van der Waals surface area contributed by atoms with Gasteiger partial charge in [0.2, 0.25) is 11.8 Å². The second-order valence-electron chi connectivity index (χ2n) is 8.20. The minimum atomic E-state index is -0.531. The number of piperidine rings is 1. The Labute approximate surface area is 170 Å². The minimum absolute atomic E-state index is 0.0564. The van der Waals surface area contributed by atoms with Crippen LogP contribution in [0, 0.1) is 11.3 Å². The molecule has 1 aromatic carbocycles. The van der Waals surface area contributed by atoms with Gasteiger partial charge in [0.15, 0.2) is 0 Å². The maximum atomic E-state index is 12.9. The molecule has 0 spiro atoms. The van der Waals surface area contributed by atoms with Gasteiger partial charge in [0.25, 0.3) is 0 Å². The molecule has 1 N–H and O–H groups in total. The van der Waals surface area contributed by atoms with Crippen LogP contribution in [0.1, 0.15) is 37.7 Å². The minimum Gasteiger partial charge on any atom is -0.359 e. The highest BCUT2D eigenvalue weighted by Gasteiger charge is 2.44. The normalized spacial score (nSPS) is 22.5. The van der Waals surface area contributed by atoms with Gasteiger partial charge in [-0.3, -0.25) is 9.59 Å². The molecule has 148 valence electrons. The molecule has 2 amide bonds. The fourth-order valence-corrected chi connectivity index (χ4v) is 5.26.